The van der Waals surface area contributed by atoms with Gasteiger partial charge in [-0.1, -0.05) is 25.1 Å². The number of rotatable bonds is 9. The first-order chi connectivity index (χ1) is 16.4. The summed E-state index contributed by atoms with van der Waals surface area (Å²) in [5.41, 5.74) is 1.85. The zero-order valence-corrected chi connectivity index (χ0v) is 20.0. The summed E-state index contributed by atoms with van der Waals surface area (Å²) in [6.07, 6.45) is 0.678. The number of carbonyl (C=O) groups is 2. The highest BCUT2D eigenvalue weighted by atomic mass is 32.1. The van der Waals surface area contributed by atoms with Crippen molar-refractivity contribution in [1.82, 2.24) is 9.80 Å². The van der Waals surface area contributed by atoms with Gasteiger partial charge in [0.2, 0.25) is 5.91 Å². The third kappa shape index (κ3) is 6.90. The second kappa shape index (κ2) is 12.0. The summed E-state index contributed by atoms with van der Waals surface area (Å²) in [6, 6.07) is 18.0. The van der Waals surface area contributed by atoms with Crippen molar-refractivity contribution in [2.45, 2.75) is 39.4 Å². The van der Waals surface area contributed by atoms with Crippen molar-refractivity contribution in [3.8, 4) is 6.07 Å². The zero-order chi connectivity index (χ0) is 24.5. The number of nitrogens with one attached hydrogen (secondary N) is 1. The van der Waals surface area contributed by atoms with E-state index in [9.17, 15) is 14.0 Å². The van der Waals surface area contributed by atoms with Crippen LogP contribution in [0.4, 0.5) is 14.9 Å². The normalized spacial score (nSPS) is 11.4. The number of amides is 3. The van der Waals surface area contributed by atoms with Crippen molar-refractivity contribution in [3.63, 3.8) is 0 Å². The molecule has 176 valence electrons. The molecular formula is C26H27FN4O2S. The number of nitriles is 1. The molecule has 1 unspecified atom stereocenters. The molecule has 0 bridgehead atoms. The largest absolute Gasteiger partial charge is 0.332 e. The van der Waals surface area contributed by atoms with Crippen molar-refractivity contribution in [3.05, 3.63) is 87.9 Å². The molecule has 0 aliphatic rings. The lowest BCUT2D eigenvalue weighted by Crippen LogP contribution is -2.47. The minimum atomic E-state index is -0.384. The number of hydrogen-bond acceptors (Lipinski definition) is 4. The number of benzene rings is 2. The molecule has 2 aromatic carbocycles. The van der Waals surface area contributed by atoms with E-state index in [0.717, 1.165) is 10.4 Å². The first-order valence-electron chi connectivity index (χ1n) is 11.0. The third-order valence-corrected chi connectivity index (χ3v) is 6.38. The van der Waals surface area contributed by atoms with E-state index in [1.165, 1.54) is 17.0 Å². The first-order valence-corrected chi connectivity index (χ1v) is 11.9. The van der Waals surface area contributed by atoms with Crippen LogP contribution in [-0.4, -0.2) is 34.3 Å². The molecule has 0 aliphatic heterocycles. The predicted octanol–water partition coefficient (Wildman–Crippen LogP) is 5.62. The standard InChI is InChI=1S/C26H27FN4O2S/c1-3-19(2)31(26(33)29-23-12-8-20(15-28)9-13-23)18-25(32)30(17-24-5-4-14-34-24)16-21-6-10-22(27)11-7-21/h4-14,19H,3,16-18H2,1-2H3,(H,29,33). The second-order valence-electron chi connectivity index (χ2n) is 7.96. The van der Waals surface area contributed by atoms with Gasteiger partial charge in [0.1, 0.15) is 12.4 Å². The fourth-order valence-corrected chi connectivity index (χ4v) is 4.07. The van der Waals surface area contributed by atoms with Gasteiger partial charge in [-0.3, -0.25) is 4.79 Å². The van der Waals surface area contributed by atoms with Gasteiger partial charge in [0.05, 0.1) is 18.2 Å². The fraction of sp³-hybridized carbons (Fsp3) is 0.269. The molecule has 1 N–H and O–H groups in total. The maximum atomic E-state index is 13.4. The van der Waals surface area contributed by atoms with Crippen molar-refractivity contribution in [1.29, 1.82) is 5.26 Å². The molecule has 0 spiro atoms. The molecule has 0 saturated heterocycles. The number of hydrogen-bond donors (Lipinski definition) is 1. The summed E-state index contributed by atoms with van der Waals surface area (Å²) in [6.45, 7) is 4.47. The Morgan fingerprint density at radius 2 is 1.79 bits per heavy atom. The van der Waals surface area contributed by atoms with E-state index >= 15 is 0 Å². The summed E-state index contributed by atoms with van der Waals surface area (Å²) in [5, 5.41) is 13.7. The highest BCUT2D eigenvalue weighted by molar-refractivity contribution is 7.09. The maximum Gasteiger partial charge on any atom is 0.322 e. The van der Waals surface area contributed by atoms with Crippen LogP contribution >= 0.6 is 11.3 Å². The van der Waals surface area contributed by atoms with E-state index in [1.54, 1.807) is 52.6 Å². The molecule has 0 fully saturated rings. The average Bonchev–Trinajstić information content (AvgIpc) is 3.36. The Bertz CT molecular complexity index is 1130. The van der Waals surface area contributed by atoms with Crippen LogP contribution in [-0.2, 0) is 17.9 Å². The van der Waals surface area contributed by atoms with Crippen molar-refractivity contribution in [2.75, 3.05) is 11.9 Å². The van der Waals surface area contributed by atoms with Gasteiger partial charge in [0, 0.05) is 23.2 Å². The molecule has 0 aliphatic carbocycles. The molecule has 3 rings (SSSR count). The Hall–Kier alpha value is -3.70. The SMILES string of the molecule is CCC(C)N(CC(=O)N(Cc1ccc(F)cc1)Cc1cccs1)C(=O)Nc1ccc(C#N)cc1. The third-order valence-electron chi connectivity index (χ3n) is 5.52. The number of carbonyl (C=O) groups excluding carboxylic acids is 2. The monoisotopic (exact) mass is 478 g/mol. The van der Waals surface area contributed by atoms with Crippen molar-refractivity contribution >= 4 is 29.0 Å². The number of urea groups is 1. The highest BCUT2D eigenvalue weighted by Gasteiger charge is 2.25. The fourth-order valence-electron chi connectivity index (χ4n) is 3.35. The molecule has 1 heterocycles. The van der Waals surface area contributed by atoms with Crippen LogP contribution in [0.5, 0.6) is 0 Å². The van der Waals surface area contributed by atoms with Gasteiger partial charge < -0.3 is 15.1 Å². The average molecular weight is 479 g/mol. The molecule has 6 nitrogen and oxygen atoms in total. The lowest BCUT2D eigenvalue weighted by Gasteiger charge is -2.31. The van der Waals surface area contributed by atoms with E-state index in [2.05, 4.69) is 5.32 Å². The Morgan fingerprint density at radius 3 is 2.38 bits per heavy atom. The predicted molar refractivity (Wildman–Crippen MR) is 132 cm³/mol. The quantitative estimate of drug-likeness (QED) is 0.434. The minimum Gasteiger partial charge on any atom is -0.332 e. The van der Waals surface area contributed by atoms with Gasteiger partial charge in [-0.15, -0.1) is 11.3 Å². The summed E-state index contributed by atoms with van der Waals surface area (Å²) in [7, 11) is 0. The lowest BCUT2D eigenvalue weighted by atomic mass is 10.2. The molecule has 3 aromatic rings. The molecule has 0 saturated carbocycles. The molecular weight excluding hydrogens is 451 g/mol. The second-order valence-corrected chi connectivity index (χ2v) is 8.99. The molecule has 1 aromatic heterocycles. The van der Waals surface area contributed by atoms with E-state index in [-0.39, 0.29) is 30.3 Å². The van der Waals surface area contributed by atoms with Gasteiger partial charge in [0.25, 0.3) is 0 Å². The zero-order valence-electron chi connectivity index (χ0n) is 19.2. The van der Waals surface area contributed by atoms with Gasteiger partial charge in [-0.2, -0.15) is 5.26 Å². The minimum absolute atomic E-state index is 0.0936. The summed E-state index contributed by atoms with van der Waals surface area (Å²) < 4.78 is 13.4. The molecule has 34 heavy (non-hydrogen) atoms. The Balaban J connectivity index is 1.76. The summed E-state index contributed by atoms with van der Waals surface area (Å²) in [4.78, 5) is 30.7. The maximum absolute atomic E-state index is 13.4. The van der Waals surface area contributed by atoms with Gasteiger partial charge in [0.15, 0.2) is 0 Å². The Morgan fingerprint density at radius 1 is 1.09 bits per heavy atom. The van der Waals surface area contributed by atoms with E-state index in [0.29, 0.717) is 30.8 Å². The Labute approximate surface area is 203 Å². The number of thiophene rings is 1. The van der Waals surface area contributed by atoms with Crippen LogP contribution in [0.15, 0.2) is 66.0 Å². The van der Waals surface area contributed by atoms with Crippen molar-refractivity contribution < 1.29 is 14.0 Å². The topological polar surface area (TPSA) is 76.4 Å². The van der Waals surface area contributed by atoms with Crippen LogP contribution in [0.1, 0.15) is 36.3 Å². The van der Waals surface area contributed by atoms with E-state index in [4.69, 9.17) is 5.26 Å². The van der Waals surface area contributed by atoms with Crippen LogP contribution in [0.25, 0.3) is 0 Å². The van der Waals surface area contributed by atoms with Gasteiger partial charge >= 0.3 is 6.03 Å². The first kappa shape index (κ1) is 24.9. The van der Waals surface area contributed by atoms with Crippen LogP contribution in [0.3, 0.4) is 0 Å². The molecule has 3 amide bonds. The Kier molecular flexibility index (Phi) is 8.77. The number of anilines is 1. The molecule has 0 radical (unpaired) electrons. The van der Waals surface area contributed by atoms with Crippen LogP contribution in [0, 0.1) is 17.1 Å². The number of nitrogens with zero attached hydrogens (tertiary/aromatic N) is 3. The highest BCUT2D eigenvalue weighted by Crippen LogP contribution is 2.17. The van der Waals surface area contributed by atoms with Crippen LogP contribution < -0.4 is 5.32 Å². The molecule has 8 heteroatoms. The smallest absolute Gasteiger partial charge is 0.322 e. The summed E-state index contributed by atoms with van der Waals surface area (Å²) >= 11 is 1.55. The van der Waals surface area contributed by atoms with Gasteiger partial charge in [-0.25, -0.2) is 9.18 Å². The lowest BCUT2D eigenvalue weighted by molar-refractivity contribution is -0.133. The van der Waals surface area contributed by atoms with E-state index in [1.807, 2.05) is 37.4 Å². The van der Waals surface area contributed by atoms with E-state index < -0.39 is 0 Å². The van der Waals surface area contributed by atoms with Crippen LogP contribution in [0.2, 0.25) is 0 Å². The number of halogens is 1. The summed E-state index contributed by atoms with van der Waals surface area (Å²) in [5.74, 6) is -0.532. The molecule has 1 atom stereocenters. The van der Waals surface area contributed by atoms with Gasteiger partial charge in [-0.05, 0) is 66.8 Å². The van der Waals surface area contributed by atoms with Crippen molar-refractivity contribution in [2.24, 2.45) is 0 Å².